The van der Waals surface area contributed by atoms with E-state index >= 15 is 0 Å². The van der Waals surface area contributed by atoms with Crippen LogP contribution >= 0.6 is 0 Å². The summed E-state index contributed by atoms with van der Waals surface area (Å²) < 4.78 is 28.2. The average molecular weight is 277 g/mol. The third kappa shape index (κ3) is 3.66. The molecule has 1 fully saturated rings. The monoisotopic (exact) mass is 277 g/mol. The Morgan fingerprint density at radius 2 is 1.89 bits per heavy atom. The van der Waals surface area contributed by atoms with Crippen LogP contribution in [-0.2, 0) is 10.2 Å². The highest BCUT2D eigenvalue weighted by Gasteiger charge is 2.35. The van der Waals surface area contributed by atoms with Crippen molar-refractivity contribution in [3.8, 4) is 0 Å². The molecule has 0 radical (unpaired) electrons. The van der Waals surface area contributed by atoms with E-state index in [0.717, 1.165) is 19.3 Å². The van der Waals surface area contributed by atoms with Gasteiger partial charge in [-0.3, -0.25) is 0 Å². The number of rotatable bonds is 7. The van der Waals surface area contributed by atoms with Crippen molar-refractivity contribution in [3.05, 3.63) is 0 Å². The number of nitrogens with zero attached hydrogens (tertiary/aromatic N) is 2. The molecule has 2 N–H and O–H groups in total. The molecule has 108 valence electrons. The maximum absolute atomic E-state index is 12.5. The van der Waals surface area contributed by atoms with Crippen LogP contribution in [0, 0.1) is 5.92 Å². The summed E-state index contributed by atoms with van der Waals surface area (Å²) in [5, 5.41) is 0. The lowest BCUT2D eigenvalue weighted by molar-refractivity contribution is 0.350. The van der Waals surface area contributed by atoms with Gasteiger partial charge in [-0.15, -0.1) is 0 Å². The summed E-state index contributed by atoms with van der Waals surface area (Å²) in [6, 6.07) is 0.0657. The van der Waals surface area contributed by atoms with Gasteiger partial charge < -0.3 is 5.73 Å². The molecule has 0 aliphatic carbocycles. The molecule has 2 atom stereocenters. The molecule has 1 aliphatic heterocycles. The Bertz CT molecular complexity index is 337. The molecule has 1 heterocycles. The van der Waals surface area contributed by atoms with Gasteiger partial charge in [0.15, 0.2) is 0 Å². The largest absolute Gasteiger partial charge is 0.328 e. The zero-order chi connectivity index (χ0) is 13.8. The summed E-state index contributed by atoms with van der Waals surface area (Å²) in [6.45, 7) is 8.36. The molecule has 1 aliphatic rings. The zero-order valence-corrected chi connectivity index (χ0v) is 12.6. The predicted molar refractivity (Wildman–Crippen MR) is 74.4 cm³/mol. The van der Waals surface area contributed by atoms with E-state index in [1.165, 1.54) is 0 Å². The number of nitrogens with two attached hydrogens (primary N) is 1. The van der Waals surface area contributed by atoms with Crippen molar-refractivity contribution in [2.75, 3.05) is 26.2 Å². The van der Waals surface area contributed by atoms with Crippen LogP contribution in [0.1, 0.15) is 40.0 Å². The van der Waals surface area contributed by atoms with Crippen molar-refractivity contribution in [2.45, 2.75) is 46.1 Å². The molecule has 5 nitrogen and oxygen atoms in total. The van der Waals surface area contributed by atoms with Gasteiger partial charge in [-0.25, -0.2) is 0 Å². The molecule has 18 heavy (non-hydrogen) atoms. The van der Waals surface area contributed by atoms with Crippen LogP contribution in [0.25, 0.3) is 0 Å². The molecule has 2 unspecified atom stereocenters. The summed E-state index contributed by atoms with van der Waals surface area (Å²) in [5.41, 5.74) is 5.86. The van der Waals surface area contributed by atoms with Crippen LogP contribution in [0.3, 0.4) is 0 Å². The lowest BCUT2D eigenvalue weighted by Crippen LogP contribution is -2.44. The van der Waals surface area contributed by atoms with E-state index < -0.39 is 10.2 Å². The van der Waals surface area contributed by atoms with Gasteiger partial charge in [0.1, 0.15) is 0 Å². The highest BCUT2D eigenvalue weighted by Crippen LogP contribution is 2.23. The summed E-state index contributed by atoms with van der Waals surface area (Å²) >= 11 is 0. The summed E-state index contributed by atoms with van der Waals surface area (Å²) in [7, 11) is -3.28. The topological polar surface area (TPSA) is 66.6 Å². The van der Waals surface area contributed by atoms with Crippen LogP contribution in [-0.4, -0.2) is 49.2 Å². The minimum Gasteiger partial charge on any atom is -0.328 e. The summed E-state index contributed by atoms with van der Waals surface area (Å²) in [4.78, 5) is 0. The summed E-state index contributed by atoms with van der Waals surface area (Å²) in [5.74, 6) is 0.296. The SMILES string of the molecule is CCCN(CCC)S(=O)(=O)N1CCC(C(C)N)C1. The molecule has 0 aromatic rings. The normalized spacial score (nSPS) is 23.7. The second kappa shape index (κ2) is 6.84. The van der Waals surface area contributed by atoms with Crippen LogP contribution in [0.5, 0.6) is 0 Å². The van der Waals surface area contributed by atoms with Gasteiger partial charge in [0.25, 0.3) is 10.2 Å². The fourth-order valence-electron chi connectivity index (χ4n) is 2.40. The van der Waals surface area contributed by atoms with Crippen molar-refractivity contribution in [1.29, 1.82) is 0 Å². The van der Waals surface area contributed by atoms with Crippen molar-refractivity contribution in [3.63, 3.8) is 0 Å². The van der Waals surface area contributed by atoms with Crippen molar-refractivity contribution in [2.24, 2.45) is 11.7 Å². The Balaban J connectivity index is 2.73. The first-order chi connectivity index (χ1) is 8.43. The average Bonchev–Trinajstić information content (AvgIpc) is 2.78. The Labute approximate surface area is 112 Å². The molecule has 0 aromatic heterocycles. The Morgan fingerprint density at radius 1 is 1.33 bits per heavy atom. The summed E-state index contributed by atoms with van der Waals surface area (Å²) in [6.07, 6.45) is 2.58. The third-order valence-corrected chi connectivity index (χ3v) is 5.53. The lowest BCUT2D eigenvalue weighted by atomic mass is 10.0. The van der Waals surface area contributed by atoms with Crippen molar-refractivity contribution in [1.82, 2.24) is 8.61 Å². The predicted octanol–water partition coefficient (Wildman–Crippen LogP) is 1.02. The van der Waals surface area contributed by atoms with E-state index in [4.69, 9.17) is 5.73 Å². The Kier molecular flexibility index (Phi) is 6.04. The van der Waals surface area contributed by atoms with Gasteiger partial charge in [-0.2, -0.15) is 17.0 Å². The molecule has 0 amide bonds. The van der Waals surface area contributed by atoms with Crippen molar-refractivity contribution < 1.29 is 8.42 Å². The van der Waals surface area contributed by atoms with Gasteiger partial charge in [0.2, 0.25) is 0 Å². The first-order valence-corrected chi connectivity index (χ1v) is 8.34. The highest BCUT2D eigenvalue weighted by molar-refractivity contribution is 7.86. The van der Waals surface area contributed by atoms with Crippen LogP contribution < -0.4 is 5.73 Å². The van der Waals surface area contributed by atoms with Gasteiger partial charge in [0.05, 0.1) is 0 Å². The second-order valence-electron chi connectivity index (χ2n) is 5.17. The molecule has 1 saturated heterocycles. The fraction of sp³-hybridized carbons (Fsp3) is 1.00. The quantitative estimate of drug-likeness (QED) is 0.755. The van der Waals surface area contributed by atoms with E-state index in [-0.39, 0.29) is 6.04 Å². The van der Waals surface area contributed by atoms with E-state index in [1.54, 1.807) is 8.61 Å². The maximum atomic E-state index is 12.5. The maximum Gasteiger partial charge on any atom is 0.281 e. The molecule has 6 heteroatoms. The number of hydrogen-bond acceptors (Lipinski definition) is 3. The second-order valence-corrected chi connectivity index (χ2v) is 7.10. The van der Waals surface area contributed by atoms with Crippen LogP contribution in [0.4, 0.5) is 0 Å². The molecule has 0 aromatic carbocycles. The lowest BCUT2D eigenvalue weighted by Gasteiger charge is -2.27. The molecule has 0 saturated carbocycles. The standard InChI is InChI=1S/C12H27N3O2S/c1-4-7-14(8-5-2)18(16,17)15-9-6-12(10-15)11(3)13/h11-12H,4-10,13H2,1-3H3. The van der Waals surface area contributed by atoms with E-state index in [9.17, 15) is 8.42 Å². The fourth-order valence-corrected chi connectivity index (χ4v) is 4.27. The molecular weight excluding hydrogens is 250 g/mol. The zero-order valence-electron chi connectivity index (χ0n) is 11.8. The third-order valence-electron chi connectivity index (χ3n) is 3.53. The van der Waals surface area contributed by atoms with E-state index in [2.05, 4.69) is 0 Å². The minimum atomic E-state index is -3.28. The molecular formula is C12H27N3O2S. The Hall–Kier alpha value is -0.170. The van der Waals surface area contributed by atoms with Crippen LogP contribution in [0.2, 0.25) is 0 Å². The van der Waals surface area contributed by atoms with E-state index in [0.29, 0.717) is 32.1 Å². The van der Waals surface area contributed by atoms with Gasteiger partial charge in [-0.05, 0) is 32.1 Å². The first-order valence-electron chi connectivity index (χ1n) is 6.94. The first kappa shape index (κ1) is 15.9. The molecule has 0 spiro atoms. The molecule has 0 bridgehead atoms. The van der Waals surface area contributed by atoms with Gasteiger partial charge in [0, 0.05) is 32.2 Å². The Morgan fingerprint density at radius 3 is 2.28 bits per heavy atom. The van der Waals surface area contributed by atoms with Gasteiger partial charge in [-0.1, -0.05) is 13.8 Å². The van der Waals surface area contributed by atoms with Gasteiger partial charge >= 0.3 is 0 Å². The smallest absolute Gasteiger partial charge is 0.281 e. The molecule has 1 rings (SSSR count). The highest BCUT2D eigenvalue weighted by atomic mass is 32.2. The number of hydrogen-bond donors (Lipinski definition) is 1. The van der Waals surface area contributed by atoms with Crippen molar-refractivity contribution >= 4 is 10.2 Å². The minimum absolute atomic E-state index is 0.0657. The van der Waals surface area contributed by atoms with Crippen LogP contribution in [0.15, 0.2) is 0 Å². The van der Waals surface area contributed by atoms with E-state index in [1.807, 2.05) is 20.8 Å².